The Kier molecular flexibility index (Phi) is 5.76. The van der Waals surface area contributed by atoms with Gasteiger partial charge in [-0.15, -0.1) is 0 Å². The van der Waals surface area contributed by atoms with E-state index in [9.17, 15) is 8.42 Å². The minimum Gasteiger partial charge on any atom is -0.200 e. The molecule has 0 saturated heterocycles. The molecule has 0 aliphatic carbocycles. The van der Waals surface area contributed by atoms with Crippen LogP contribution < -0.4 is 4.83 Å². The van der Waals surface area contributed by atoms with Crippen LogP contribution >= 0.6 is 27.5 Å². The highest BCUT2D eigenvalue weighted by molar-refractivity contribution is 9.10. The zero-order valence-corrected chi connectivity index (χ0v) is 14.4. The number of benzene rings is 2. The van der Waals surface area contributed by atoms with Crippen LogP contribution in [0.1, 0.15) is 5.56 Å². The van der Waals surface area contributed by atoms with E-state index in [1.807, 2.05) is 30.3 Å². The standard InChI is InChI=1S/C15H12BrClN2O2S/c16-13-6-8-15(9-7-13)22(20,21)19-18-11-14(17)10-12-4-2-1-3-5-12/h1-11,19H. The van der Waals surface area contributed by atoms with Gasteiger partial charge in [0.05, 0.1) is 16.1 Å². The summed E-state index contributed by atoms with van der Waals surface area (Å²) < 4.78 is 24.8. The van der Waals surface area contributed by atoms with Crippen LogP contribution in [-0.2, 0) is 10.0 Å². The first kappa shape index (κ1) is 16.7. The van der Waals surface area contributed by atoms with E-state index in [1.165, 1.54) is 18.3 Å². The van der Waals surface area contributed by atoms with Gasteiger partial charge in [0.2, 0.25) is 0 Å². The summed E-state index contributed by atoms with van der Waals surface area (Å²) in [5.41, 5.74) is 0.898. The number of nitrogens with zero attached hydrogens (tertiary/aromatic N) is 1. The lowest BCUT2D eigenvalue weighted by molar-refractivity contribution is 0.584. The molecule has 0 aliphatic rings. The highest BCUT2D eigenvalue weighted by Crippen LogP contribution is 2.14. The number of halogens is 2. The number of sulfonamides is 1. The van der Waals surface area contributed by atoms with E-state index in [0.29, 0.717) is 5.03 Å². The second-order valence-corrected chi connectivity index (χ2v) is 7.26. The average molecular weight is 400 g/mol. The molecule has 0 saturated carbocycles. The maximum atomic E-state index is 12.0. The quantitative estimate of drug-likeness (QED) is 0.610. The molecule has 0 aromatic heterocycles. The van der Waals surface area contributed by atoms with Crippen LogP contribution in [0.4, 0.5) is 0 Å². The van der Waals surface area contributed by atoms with Crippen LogP contribution in [0, 0.1) is 0 Å². The Hall–Kier alpha value is -1.63. The Labute approximate surface area is 142 Å². The van der Waals surface area contributed by atoms with Gasteiger partial charge in [0.25, 0.3) is 10.0 Å². The van der Waals surface area contributed by atoms with Crippen molar-refractivity contribution in [3.63, 3.8) is 0 Å². The summed E-state index contributed by atoms with van der Waals surface area (Å²) >= 11 is 9.23. The minimum absolute atomic E-state index is 0.121. The van der Waals surface area contributed by atoms with Gasteiger partial charge in [-0.25, -0.2) is 4.83 Å². The van der Waals surface area contributed by atoms with Crippen molar-refractivity contribution >= 4 is 49.8 Å². The van der Waals surface area contributed by atoms with Crippen LogP contribution in [0.5, 0.6) is 0 Å². The third-order valence-corrected chi connectivity index (χ3v) is 4.56. The second-order valence-electron chi connectivity index (χ2n) is 4.25. The number of allylic oxidation sites excluding steroid dienone is 1. The number of hydrogen-bond acceptors (Lipinski definition) is 3. The Morgan fingerprint density at radius 3 is 2.36 bits per heavy atom. The van der Waals surface area contributed by atoms with Gasteiger partial charge in [-0.2, -0.15) is 13.5 Å². The highest BCUT2D eigenvalue weighted by atomic mass is 79.9. The normalized spacial score (nSPS) is 12.5. The molecule has 0 heterocycles. The number of rotatable bonds is 5. The molecular weight excluding hydrogens is 388 g/mol. The Balaban J connectivity index is 2.05. The SMILES string of the molecule is O=S(=O)(NN=CC(Cl)=Cc1ccccc1)c1ccc(Br)cc1. The summed E-state index contributed by atoms with van der Waals surface area (Å²) in [6.07, 6.45) is 2.92. The Morgan fingerprint density at radius 2 is 1.73 bits per heavy atom. The lowest BCUT2D eigenvalue weighted by Crippen LogP contribution is -2.18. The predicted molar refractivity (Wildman–Crippen MR) is 93.2 cm³/mol. The number of nitrogens with one attached hydrogen (secondary N) is 1. The zero-order valence-electron chi connectivity index (χ0n) is 11.3. The molecule has 0 aliphatic heterocycles. The smallest absolute Gasteiger partial charge is 0.200 e. The molecule has 0 radical (unpaired) electrons. The molecule has 2 rings (SSSR count). The van der Waals surface area contributed by atoms with Crippen molar-refractivity contribution in [1.82, 2.24) is 4.83 Å². The first-order chi connectivity index (χ1) is 10.5. The van der Waals surface area contributed by atoms with E-state index in [4.69, 9.17) is 11.6 Å². The summed E-state index contributed by atoms with van der Waals surface area (Å²) in [7, 11) is -3.70. The fraction of sp³-hybridized carbons (Fsp3) is 0. The fourth-order valence-electron chi connectivity index (χ4n) is 1.57. The lowest BCUT2D eigenvalue weighted by Gasteiger charge is -2.02. The van der Waals surface area contributed by atoms with Crippen LogP contribution in [0.25, 0.3) is 6.08 Å². The van der Waals surface area contributed by atoms with Crippen molar-refractivity contribution in [1.29, 1.82) is 0 Å². The molecule has 0 fully saturated rings. The van der Waals surface area contributed by atoms with Crippen LogP contribution in [0.3, 0.4) is 0 Å². The van der Waals surface area contributed by atoms with Crippen molar-refractivity contribution in [3.05, 3.63) is 69.7 Å². The van der Waals surface area contributed by atoms with Crippen molar-refractivity contribution in [2.24, 2.45) is 5.10 Å². The zero-order chi connectivity index (χ0) is 16.0. The van der Waals surface area contributed by atoms with Gasteiger partial charge in [-0.1, -0.05) is 57.9 Å². The molecule has 0 bridgehead atoms. The molecule has 2 aromatic carbocycles. The van der Waals surface area contributed by atoms with Gasteiger partial charge >= 0.3 is 0 Å². The van der Waals surface area contributed by atoms with Gasteiger partial charge in [0, 0.05) is 4.47 Å². The number of hydrogen-bond donors (Lipinski definition) is 1. The molecule has 2 aromatic rings. The molecule has 0 unspecified atom stereocenters. The highest BCUT2D eigenvalue weighted by Gasteiger charge is 2.11. The molecule has 1 N–H and O–H groups in total. The average Bonchev–Trinajstić information content (AvgIpc) is 2.48. The molecule has 0 amide bonds. The first-order valence-electron chi connectivity index (χ1n) is 6.20. The van der Waals surface area contributed by atoms with Gasteiger partial charge in [0.15, 0.2) is 0 Å². The van der Waals surface area contributed by atoms with Crippen molar-refractivity contribution in [2.45, 2.75) is 4.90 Å². The molecule has 4 nitrogen and oxygen atoms in total. The van der Waals surface area contributed by atoms with Crippen molar-refractivity contribution in [2.75, 3.05) is 0 Å². The predicted octanol–water partition coefficient (Wildman–Crippen LogP) is 3.99. The van der Waals surface area contributed by atoms with Crippen LogP contribution in [-0.4, -0.2) is 14.6 Å². The molecule has 0 spiro atoms. The van der Waals surface area contributed by atoms with Crippen molar-refractivity contribution in [3.8, 4) is 0 Å². The Bertz CT molecular complexity index is 788. The van der Waals surface area contributed by atoms with Crippen molar-refractivity contribution < 1.29 is 8.42 Å². The topological polar surface area (TPSA) is 58.5 Å². The fourth-order valence-corrected chi connectivity index (χ4v) is 2.80. The van der Waals surface area contributed by atoms with E-state index in [2.05, 4.69) is 25.9 Å². The number of hydrazone groups is 1. The van der Waals surface area contributed by atoms with E-state index in [1.54, 1.807) is 18.2 Å². The molecule has 0 atom stereocenters. The summed E-state index contributed by atoms with van der Waals surface area (Å²) in [5, 5.41) is 3.97. The largest absolute Gasteiger partial charge is 0.276 e. The third-order valence-electron chi connectivity index (χ3n) is 2.59. The lowest BCUT2D eigenvalue weighted by atomic mass is 10.2. The first-order valence-corrected chi connectivity index (χ1v) is 8.85. The second kappa shape index (κ2) is 7.58. The van der Waals surface area contributed by atoms with E-state index < -0.39 is 10.0 Å². The molecular formula is C15H12BrClN2O2S. The summed E-state index contributed by atoms with van der Waals surface area (Å²) in [6, 6.07) is 15.6. The monoisotopic (exact) mass is 398 g/mol. The van der Waals surface area contributed by atoms with E-state index in [-0.39, 0.29) is 4.90 Å². The van der Waals surface area contributed by atoms with E-state index in [0.717, 1.165) is 10.0 Å². The summed E-state index contributed by atoms with van der Waals surface area (Å²) in [6.45, 7) is 0. The molecule has 22 heavy (non-hydrogen) atoms. The van der Waals surface area contributed by atoms with Gasteiger partial charge in [-0.3, -0.25) is 0 Å². The minimum atomic E-state index is -3.70. The van der Waals surface area contributed by atoms with Crippen LogP contribution in [0.15, 0.2) is 74.1 Å². The third kappa shape index (κ3) is 4.98. The van der Waals surface area contributed by atoms with Gasteiger partial charge in [0.1, 0.15) is 0 Å². The molecule has 7 heteroatoms. The summed E-state index contributed by atoms with van der Waals surface area (Å²) in [4.78, 5) is 2.23. The molecule has 114 valence electrons. The van der Waals surface area contributed by atoms with Gasteiger partial charge in [-0.05, 0) is 35.9 Å². The van der Waals surface area contributed by atoms with E-state index >= 15 is 0 Å². The van der Waals surface area contributed by atoms with Gasteiger partial charge < -0.3 is 0 Å². The van der Waals surface area contributed by atoms with Crippen LogP contribution in [0.2, 0.25) is 0 Å². The Morgan fingerprint density at radius 1 is 1.09 bits per heavy atom. The summed E-state index contributed by atoms with van der Waals surface area (Å²) in [5.74, 6) is 0. The maximum Gasteiger partial charge on any atom is 0.276 e. The maximum absolute atomic E-state index is 12.0.